The van der Waals surface area contributed by atoms with E-state index in [0.717, 1.165) is 25.4 Å². The third-order valence-corrected chi connectivity index (χ3v) is 5.56. The Morgan fingerprint density at radius 3 is 2.35 bits per heavy atom. The lowest BCUT2D eigenvalue weighted by molar-refractivity contribution is 0.265. The van der Waals surface area contributed by atoms with Gasteiger partial charge in [0.1, 0.15) is 0 Å². The SMILES string of the molecule is CC(C)N(C)Cc1ccccc1CNC(=S)NCCSc1ccccc1. The first-order chi connectivity index (χ1) is 12.6. The maximum absolute atomic E-state index is 5.41. The van der Waals surface area contributed by atoms with Crippen molar-refractivity contribution in [3.8, 4) is 0 Å². The van der Waals surface area contributed by atoms with Crippen LogP contribution in [-0.4, -0.2) is 35.4 Å². The molecule has 0 heterocycles. The molecular formula is C21H29N3S2. The number of benzene rings is 2. The highest BCUT2D eigenvalue weighted by Gasteiger charge is 2.08. The largest absolute Gasteiger partial charge is 0.362 e. The van der Waals surface area contributed by atoms with Gasteiger partial charge in [-0.2, -0.15) is 0 Å². The van der Waals surface area contributed by atoms with Crippen molar-refractivity contribution >= 4 is 29.1 Å². The van der Waals surface area contributed by atoms with E-state index in [1.165, 1.54) is 16.0 Å². The summed E-state index contributed by atoms with van der Waals surface area (Å²) in [6.45, 7) is 6.98. The molecule has 0 saturated heterocycles. The zero-order valence-corrected chi connectivity index (χ0v) is 17.5. The average Bonchev–Trinajstić information content (AvgIpc) is 2.65. The van der Waals surface area contributed by atoms with E-state index in [1.807, 2.05) is 17.8 Å². The fourth-order valence-electron chi connectivity index (χ4n) is 2.42. The quantitative estimate of drug-likeness (QED) is 0.380. The molecule has 0 radical (unpaired) electrons. The van der Waals surface area contributed by atoms with Crippen LogP contribution in [0.4, 0.5) is 0 Å². The Bertz CT molecular complexity index is 674. The minimum atomic E-state index is 0.529. The van der Waals surface area contributed by atoms with Gasteiger partial charge < -0.3 is 10.6 Å². The zero-order chi connectivity index (χ0) is 18.8. The summed E-state index contributed by atoms with van der Waals surface area (Å²) in [5.41, 5.74) is 2.64. The number of thioether (sulfide) groups is 1. The average molecular weight is 388 g/mol. The predicted molar refractivity (Wildman–Crippen MR) is 118 cm³/mol. The van der Waals surface area contributed by atoms with E-state index in [4.69, 9.17) is 12.2 Å². The molecule has 0 bridgehead atoms. The van der Waals surface area contributed by atoms with Gasteiger partial charge in [-0.3, -0.25) is 4.90 Å². The normalized spacial score (nSPS) is 11.0. The van der Waals surface area contributed by atoms with Crippen LogP contribution in [0.5, 0.6) is 0 Å². The summed E-state index contributed by atoms with van der Waals surface area (Å²) in [6, 6.07) is 19.5. The summed E-state index contributed by atoms with van der Waals surface area (Å²) in [7, 11) is 2.16. The molecule has 0 fully saturated rings. The second-order valence-electron chi connectivity index (χ2n) is 6.55. The van der Waals surface area contributed by atoms with Gasteiger partial charge in [0.25, 0.3) is 0 Å². The van der Waals surface area contributed by atoms with Crippen molar-refractivity contribution in [2.75, 3.05) is 19.3 Å². The summed E-state index contributed by atoms with van der Waals surface area (Å²) in [6.07, 6.45) is 0. The number of hydrogen-bond donors (Lipinski definition) is 2. The van der Waals surface area contributed by atoms with Gasteiger partial charge in [-0.05, 0) is 56.4 Å². The van der Waals surface area contributed by atoms with Crippen LogP contribution in [0.1, 0.15) is 25.0 Å². The van der Waals surface area contributed by atoms with Gasteiger partial charge in [0.05, 0.1) is 0 Å². The first-order valence-electron chi connectivity index (χ1n) is 9.03. The number of rotatable bonds is 9. The molecule has 2 N–H and O–H groups in total. The molecular weight excluding hydrogens is 358 g/mol. The molecule has 0 aliphatic rings. The summed E-state index contributed by atoms with van der Waals surface area (Å²) < 4.78 is 0. The van der Waals surface area contributed by atoms with E-state index in [1.54, 1.807) is 0 Å². The van der Waals surface area contributed by atoms with E-state index in [2.05, 4.69) is 85.0 Å². The first-order valence-corrected chi connectivity index (χ1v) is 10.4. The summed E-state index contributed by atoms with van der Waals surface area (Å²) in [5, 5.41) is 7.34. The van der Waals surface area contributed by atoms with Crippen molar-refractivity contribution in [2.24, 2.45) is 0 Å². The Morgan fingerprint density at radius 1 is 1.00 bits per heavy atom. The van der Waals surface area contributed by atoms with Crippen LogP contribution >= 0.6 is 24.0 Å². The number of hydrogen-bond acceptors (Lipinski definition) is 3. The second kappa shape index (κ2) is 11.2. The van der Waals surface area contributed by atoms with Crippen LogP contribution in [0, 0.1) is 0 Å². The zero-order valence-electron chi connectivity index (χ0n) is 15.9. The van der Waals surface area contributed by atoms with Crippen LogP contribution in [0.15, 0.2) is 59.5 Å². The van der Waals surface area contributed by atoms with E-state index in [-0.39, 0.29) is 0 Å². The van der Waals surface area contributed by atoms with Gasteiger partial charge in [-0.15, -0.1) is 11.8 Å². The minimum absolute atomic E-state index is 0.529. The van der Waals surface area contributed by atoms with Crippen LogP contribution in [0.2, 0.25) is 0 Å². The molecule has 0 amide bonds. The lowest BCUT2D eigenvalue weighted by Crippen LogP contribution is -2.36. The lowest BCUT2D eigenvalue weighted by atomic mass is 10.1. The molecule has 26 heavy (non-hydrogen) atoms. The van der Waals surface area contributed by atoms with Crippen molar-refractivity contribution in [3.05, 3.63) is 65.7 Å². The smallest absolute Gasteiger partial charge is 0.166 e. The van der Waals surface area contributed by atoms with Gasteiger partial charge in [0.2, 0.25) is 0 Å². The van der Waals surface area contributed by atoms with Gasteiger partial charge >= 0.3 is 0 Å². The Labute approximate surface area is 167 Å². The Kier molecular flexibility index (Phi) is 8.95. The van der Waals surface area contributed by atoms with E-state index >= 15 is 0 Å². The highest BCUT2D eigenvalue weighted by molar-refractivity contribution is 7.99. The maximum Gasteiger partial charge on any atom is 0.166 e. The summed E-state index contributed by atoms with van der Waals surface area (Å²) in [4.78, 5) is 3.63. The molecule has 2 aromatic rings. The standard InChI is InChI=1S/C21H29N3S2/c1-17(2)24(3)16-19-10-8-7-9-18(19)15-23-21(25)22-13-14-26-20-11-5-4-6-12-20/h4-12,17H,13-16H2,1-3H3,(H2,22,23,25). The number of nitrogens with zero attached hydrogens (tertiary/aromatic N) is 1. The van der Waals surface area contributed by atoms with Crippen molar-refractivity contribution in [2.45, 2.75) is 37.9 Å². The lowest BCUT2D eigenvalue weighted by Gasteiger charge is -2.22. The molecule has 0 aliphatic heterocycles. The molecule has 0 atom stereocenters. The molecule has 0 unspecified atom stereocenters. The van der Waals surface area contributed by atoms with E-state index in [9.17, 15) is 0 Å². The van der Waals surface area contributed by atoms with Crippen molar-refractivity contribution < 1.29 is 0 Å². The van der Waals surface area contributed by atoms with Crippen LogP contribution < -0.4 is 10.6 Å². The van der Waals surface area contributed by atoms with Crippen molar-refractivity contribution in [1.29, 1.82) is 0 Å². The molecule has 3 nitrogen and oxygen atoms in total. The third kappa shape index (κ3) is 7.36. The predicted octanol–water partition coefficient (Wildman–Crippen LogP) is 4.28. The maximum atomic E-state index is 5.41. The number of thiocarbonyl (C=S) groups is 1. The highest BCUT2D eigenvalue weighted by atomic mass is 32.2. The molecule has 2 rings (SSSR count). The van der Waals surface area contributed by atoms with Gasteiger partial charge in [-0.25, -0.2) is 0 Å². The van der Waals surface area contributed by atoms with Crippen molar-refractivity contribution in [1.82, 2.24) is 15.5 Å². The fraction of sp³-hybridized carbons (Fsp3) is 0.381. The summed E-state index contributed by atoms with van der Waals surface area (Å²) >= 11 is 7.25. The first kappa shape index (κ1) is 20.7. The van der Waals surface area contributed by atoms with Gasteiger partial charge in [0.15, 0.2) is 5.11 Å². The Balaban J connectivity index is 1.73. The Morgan fingerprint density at radius 2 is 1.65 bits per heavy atom. The molecule has 5 heteroatoms. The van der Waals surface area contributed by atoms with Crippen molar-refractivity contribution in [3.63, 3.8) is 0 Å². The summed E-state index contributed by atoms with van der Waals surface area (Å²) in [5.74, 6) is 0.988. The van der Waals surface area contributed by atoms with Crippen LogP contribution in [-0.2, 0) is 13.1 Å². The fourth-order valence-corrected chi connectivity index (χ4v) is 3.39. The monoisotopic (exact) mass is 387 g/mol. The molecule has 0 saturated carbocycles. The Hall–Kier alpha value is -1.56. The third-order valence-electron chi connectivity index (χ3n) is 4.26. The molecule has 0 aromatic heterocycles. The van der Waals surface area contributed by atoms with Crippen LogP contribution in [0.25, 0.3) is 0 Å². The van der Waals surface area contributed by atoms with E-state index < -0.39 is 0 Å². The molecule has 2 aromatic carbocycles. The van der Waals surface area contributed by atoms with Gasteiger partial charge in [-0.1, -0.05) is 42.5 Å². The highest BCUT2D eigenvalue weighted by Crippen LogP contribution is 2.15. The second-order valence-corrected chi connectivity index (χ2v) is 8.13. The van der Waals surface area contributed by atoms with E-state index in [0.29, 0.717) is 11.2 Å². The molecule has 140 valence electrons. The minimum Gasteiger partial charge on any atom is -0.362 e. The number of nitrogens with one attached hydrogen (secondary N) is 2. The van der Waals surface area contributed by atoms with Crippen LogP contribution in [0.3, 0.4) is 0 Å². The topological polar surface area (TPSA) is 27.3 Å². The molecule has 0 aliphatic carbocycles. The van der Waals surface area contributed by atoms with Gasteiger partial charge in [0, 0.05) is 36.3 Å². The molecule has 0 spiro atoms.